The van der Waals surface area contributed by atoms with Crippen molar-refractivity contribution in [3.05, 3.63) is 102 Å². The SMILES string of the molecule is COCCNC(=O)[C@H](Cc1ccccc1)N(Cc1ccc(OC)cc1)C(=O)Cc1ccccc1. The third-order valence-corrected chi connectivity index (χ3v) is 5.59. The molecule has 0 aliphatic heterocycles. The predicted molar refractivity (Wildman–Crippen MR) is 133 cm³/mol. The van der Waals surface area contributed by atoms with Crippen LogP contribution in [0, 0.1) is 0 Å². The summed E-state index contributed by atoms with van der Waals surface area (Å²) in [7, 11) is 3.21. The van der Waals surface area contributed by atoms with E-state index in [1.54, 1.807) is 19.1 Å². The number of amides is 2. The number of hydrogen-bond donors (Lipinski definition) is 1. The lowest BCUT2D eigenvalue weighted by Gasteiger charge is -2.31. The molecule has 3 aromatic carbocycles. The lowest BCUT2D eigenvalue weighted by molar-refractivity contribution is -0.140. The number of carbonyl (C=O) groups is 2. The van der Waals surface area contributed by atoms with Crippen molar-refractivity contribution in [2.75, 3.05) is 27.4 Å². The van der Waals surface area contributed by atoms with Crippen molar-refractivity contribution in [3.8, 4) is 5.75 Å². The molecule has 1 N–H and O–H groups in total. The lowest BCUT2D eigenvalue weighted by Crippen LogP contribution is -2.51. The summed E-state index contributed by atoms with van der Waals surface area (Å²) in [5.41, 5.74) is 2.82. The zero-order valence-electron chi connectivity index (χ0n) is 19.8. The highest BCUT2D eigenvalue weighted by Gasteiger charge is 2.30. The van der Waals surface area contributed by atoms with Crippen LogP contribution in [0.2, 0.25) is 0 Å². The Morgan fingerprint density at radius 2 is 1.44 bits per heavy atom. The molecule has 0 saturated carbocycles. The van der Waals surface area contributed by atoms with Gasteiger partial charge in [0.05, 0.1) is 20.1 Å². The molecule has 0 saturated heterocycles. The molecule has 6 heteroatoms. The normalized spacial score (nSPS) is 11.5. The van der Waals surface area contributed by atoms with E-state index in [9.17, 15) is 9.59 Å². The summed E-state index contributed by atoms with van der Waals surface area (Å²) in [6.07, 6.45) is 0.629. The molecular formula is C28H32N2O4. The highest BCUT2D eigenvalue weighted by molar-refractivity contribution is 5.88. The fourth-order valence-corrected chi connectivity index (χ4v) is 3.75. The second kappa shape index (κ2) is 13.2. The zero-order chi connectivity index (χ0) is 24.2. The first-order chi connectivity index (χ1) is 16.6. The molecule has 3 aromatic rings. The van der Waals surface area contributed by atoms with Crippen LogP contribution in [0.3, 0.4) is 0 Å². The fourth-order valence-electron chi connectivity index (χ4n) is 3.75. The average molecular weight is 461 g/mol. The molecule has 0 heterocycles. The van der Waals surface area contributed by atoms with Gasteiger partial charge in [-0.25, -0.2) is 0 Å². The Morgan fingerprint density at radius 1 is 0.824 bits per heavy atom. The summed E-state index contributed by atoms with van der Waals surface area (Å²) in [6, 6.07) is 26.3. The molecule has 0 aliphatic carbocycles. The van der Waals surface area contributed by atoms with Gasteiger partial charge in [0.2, 0.25) is 11.8 Å². The first kappa shape index (κ1) is 25.0. The molecule has 0 aliphatic rings. The van der Waals surface area contributed by atoms with E-state index < -0.39 is 6.04 Å². The van der Waals surface area contributed by atoms with Gasteiger partial charge in [-0.05, 0) is 28.8 Å². The van der Waals surface area contributed by atoms with Gasteiger partial charge in [0, 0.05) is 26.6 Å². The van der Waals surface area contributed by atoms with Crippen LogP contribution in [0.5, 0.6) is 5.75 Å². The van der Waals surface area contributed by atoms with Crippen LogP contribution in [0.4, 0.5) is 0 Å². The van der Waals surface area contributed by atoms with Crippen molar-refractivity contribution < 1.29 is 19.1 Å². The van der Waals surface area contributed by atoms with Crippen LogP contribution < -0.4 is 10.1 Å². The number of benzene rings is 3. The summed E-state index contributed by atoms with van der Waals surface area (Å²) in [4.78, 5) is 28.6. The van der Waals surface area contributed by atoms with Crippen LogP contribution in [0.25, 0.3) is 0 Å². The number of nitrogens with one attached hydrogen (secondary N) is 1. The van der Waals surface area contributed by atoms with Crippen LogP contribution in [-0.2, 0) is 33.7 Å². The van der Waals surface area contributed by atoms with Crippen LogP contribution >= 0.6 is 0 Å². The molecule has 178 valence electrons. The number of methoxy groups -OCH3 is 2. The summed E-state index contributed by atoms with van der Waals surface area (Å²) >= 11 is 0. The third-order valence-electron chi connectivity index (χ3n) is 5.59. The number of nitrogens with zero attached hydrogens (tertiary/aromatic N) is 1. The Bertz CT molecular complexity index is 1020. The van der Waals surface area contributed by atoms with Crippen molar-refractivity contribution in [2.45, 2.75) is 25.4 Å². The lowest BCUT2D eigenvalue weighted by atomic mass is 10.0. The second-order valence-electron chi connectivity index (χ2n) is 8.02. The molecule has 0 aromatic heterocycles. The van der Waals surface area contributed by atoms with E-state index in [0.717, 1.165) is 22.4 Å². The quantitative estimate of drug-likeness (QED) is 0.419. The number of hydrogen-bond acceptors (Lipinski definition) is 4. The first-order valence-electron chi connectivity index (χ1n) is 11.4. The van der Waals surface area contributed by atoms with E-state index in [-0.39, 0.29) is 18.2 Å². The van der Waals surface area contributed by atoms with Gasteiger partial charge >= 0.3 is 0 Å². The van der Waals surface area contributed by atoms with Crippen molar-refractivity contribution in [2.24, 2.45) is 0 Å². The van der Waals surface area contributed by atoms with E-state index in [2.05, 4.69) is 5.32 Å². The van der Waals surface area contributed by atoms with Crippen LogP contribution in [-0.4, -0.2) is 50.1 Å². The second-order valence-corrected chi connectivity index (χ2v) is 8.02. The summed E-state index contributed by atoms with van der Waals surface area (Å²) < 4.78 is 10.4. The maximum atomic E-state index is 13.6. The minimum atomic E-state index is -0.669. The Balaban J connectivity index is 1.92. The van der Waals surface area contributed by atoms with Gasteiger partial charge in [-0.2, -0.15) is 0 Å². The van der Waals surface area contributed by atoms with Gasteiger partial charge in [0.25, 0.3) is 0 Å². The molecule has 0 unspecified atom stereocenters. The van der Waals surface area contributed by atoms with Gasteiger partial charge in [-0.1, -0.05) is 72.8 Å². The van der Waals surface area contributed by atoms with Crippen molar-refractivity contribution in [1.29, 1.82) is 0 Å². The Hall–Kier alpha value is -3.64. The van der Waals surface area contributed by atoms with E-state index in [1.165, 1.54) is 0 Å². The van der Waals surface area contributed by atoms with Gasteiger partial charge in [0.1, 0.15) is 11.8 Å². The standard InChI is InChI=1S/C28H32N2O4/c1-33-18-17-29-28(32)26(19-22-9-5-3-6-10-22)30(21-24-13-15-25(34-2)16-14-24)27(31)20-23-11-7-4-8-12-23/h3-16,26H,17-21H2,1-2H3,(H,29,32)/t26-/m0/s1. The predicted octanol–water partition coefficient (Wildman–Crippen LogP) is 3.64. The topological polar surface area (TPSA) is 67.9 Å². The van der Waals surface area contributed by atoms with E-state index in [1.807, 2.05) is 84.9 Å². The van der Waals surface area contributed by atoms with Crippen molar-refractivity contribution in [1.82, 2.24) is 10.2 Å². The minimum absolute atomic E-state index is 0.107. The Morgan fingerprint density at radius 3 is 2.03 bits per heavy atom. The third kappa shape index (κ3) is 7.46. The molecule has 0 bridgehead atoms. The largest absolute Gasteiger partial charge is 0.497 e. The molecule has 1 atom stereocenters. The van der Waals surface area contributed by atoms with Gasteiger partial charge in [-0.3, -0.25) is 9.59 Å². The summed E-state index contributed by atoms with van der Waals surface area (Å²) in [5, 5.41) is 2.93. The maximum Gasteiger partial charge on any atom is 0.243 e. The van der Waals surface area contributed by atoms with E-state index in [4.69, 9.17) is 9.47 Å². The van der Waals surface area contributed by atoms with Crippen molar-refractivity contribution >= 4 is 11.8 Å². The molecule has 0 fully saturated rings. The highest BCUT2D eigenvalue weighted by atomic mass is 16.5. The Labute approximate surface area is 201 Å². The molecule has 6 nitrogen and oxygen atoms in total. The summed E-state index contributed by atoms with van der Waals surface area (Å²) in [6.45, 7) is 1.09. The van der Waals surface area contributed by atoms with Crippen molar-refractivity contribution in [3.63, 3.8) is 0 Å². The van der Waals surface area contributed by atoms with Gasteiger partial charge < -0.3 is 19.7 Å². The van der Waals surface area contributed by atoms with E-state index in [0.29, 0.717) is 26.1 Å². The minimum Gasteiger partial charge on any atom is -0.497 e. The fraction of sp³-hybridized carbons (Fsp3) is 0.286. The Kier molecular flexibility index (Phi) is 9.67. The molecule has 2 amide bonds. The molecular weight excluding hydrogens is 428 g/mol. The van der Waals surface area contributed by atoms with E-state index >= 15 is 0 Å². The zero-order valence-corrected chi connectivity index (χ0v) is 19.8. The highest BCUT2D eigenvalue weighted by Crippen LogP contribution is 2.18. The molecule has 34 heavy (non-hydrogen) atoms. The number of carbonyl (C=O) groups excluding carboxylic acids is 2. The van der Waals surface area contributed by atoms with Gasteiger partial charge in [0.15, 0.2) is 0 Å². The van der Waals surface area contributed by atoms with Crippen LogP contribution in [0.1, 0.15) is 16.7 Å². The molecule has 3 rings (SSSR count). The molecule has 0 spiro atoms. The number of ether oxygens (including phenoxy) is 2. The smallest absolute Gasteiger partial charge is 0.243 e. The summed E-state index contributed by atoms with van der Waals surface area (Å²) in [5.74, 6) is 0.435. The van der Waals surface area contributed by atoms with Crippen LogP contribution in [0.15, 0.2) is 84.9 Å². The monoisotopic (exact) mass is 460 g/mol. The maximum absolute atomic E-state index is 13.6. The average Bonchev–Trinajstić information content (AvgIpc) is 2.87. The molecule has 0 radical (unpaired) electrons. The first-order valence-corrected chi connectivity index (χ1v) is 11.4. The van der Waals surface area contributed by atoms with Gasteiger partial charge in [-0.15, -0.1) is 0 Å². The number of rotatable bonds is 12.